The zero-order valence-electron chi connectivity index (χ0n) is 22.1. The maximum absolute atomic E-state index is 12.7. The summed E-state index contributed by atoms with van der Waals surface area (Å²) in [5.41, 5.74) is 2.46. The molecular weight excluding hydrogens is 456 g/mol. The first-order valence-corrected chi connectivity index (χ1v) is 13.1. The fourth-order valence-corrected chi connectivity index (χ4v) is 5.20. The number of nitrogens with zero attached hydrogens (tertiary/aromatic N) is 1. The quantitative estimate of drug-likeness (QED) is 0.431. The van der Waals surface area contributed by atoms with Gasteiger partial charge in [0.25, 0.3) is 5.91 Å². The highest BCUT2D eigenvalue weighted by molar-refractivity contribution is 5.95. The Hall–Kier alpha value is -2.71. The fraction of sp³-hybridized carbons (Fsp3) is 0.607. The Balaban J connectivity index is 1.50. The lowest BCUT2D eigenvalue weighted by Gasteiger charge is -2.37. The molecule has 3 rings (SSSR count). The van der Waals surface area contributed by atoms with Crippen LogP contribution in [0.3, 0.4) is 0 Å². The van der Waals surface area contributed by atoms with Crippen LogP contribution in [0.2, 0.25) is 0 Å². The van der Waals surface area contributed by atoms with Crippen molar-refractivity contribution in [3.05, 3.63) is 41.5 Å². The van der Waals surface area contributed by atoms with Crippen molar-refractivity contribution in [3.8, 4) is 0 Å². The molecule has 3 N–H and O–H groups in total. The van der Waals surface area contributed by atoms with Gasteiger partial charge in [-0.2, -0.15) is 0 Å². The summed E-state index contributed by atoms with van der Waals surface area (Å²) in [5.74, 6) is 1.14. The normalized spacial score (nSPS) is 22.6. The molecule has 1 aliphatic heterocycles. The molecule has 1 aromatic carbocycles. The molecule has 8 heteroatoms. The van der Waals surface area contributed by atoms with Crippen molar-refractivity contribution in [3.63, 3.8) is 0 Å². The molecule has 2 aliphatic rings. The van der Waals surface area contributed by atoms with E-state index in [0.717, 1.165) is 39.3 Å². The van der Waals surface area contributed by atoms with E-state index < -0.39 is 0 Å². The highest BCUT2D eigenvalue weighted by Gasteiger charge is 2.32. The molecule has 0 unspecified atom stereocenters. The summed E-state index contributed by atoms with van der Waals surface area (Å²) in [6.45, 7) is 13.5. The first kappa shape index (κ1) is 27.9. The van der Waals surface area contributed by atoms with Gasteiger partial charge in [-0.1, -0.05) is 25.5 Å². The van der Waals surface area contributed by atoms with Gasteiger partial charge in [-0.05, 0) is 61.3 Å². The molecule has 0 saturated carbocycles. The molecule has 8 nitrogen and oxygen atoms in total. The van der Waals surface area contributed by atoms with E-state index in [1.165, 1.54) is 12.5 Å². The van der Waals surface area contributed by atoms with Crippen LogP contribution in [0.25, 0.3) is 0 Å². The number of morpholine rings is 1. The molecule has 0 bridgehead atoms. The number of nitrogens with one attached hydrogen (secondary N) is 3. The maximum atomic E-state index is 12.7. The zero-order chi connectivity index (χ0) is 26.1. The van der Waals surface area contributed by atoms with Crippen LogP contribution in [0.15, 0.2) is 35.9 Å². The second-order valence-electron chi connectivity index (χ2n) is 10.4. The number of amides is 3. The Morgan fingerprint density at radius 3 is 2.42 bits per heavy atom. The van der Waals surface area contributed by atoms with Crippen molar-refractivity contribution >= 4 is 23.4 Å². The number of anilines is 1. The van der Waals surface area contributed by atoms with Gasteiger partial charge in [0.05, 0.1) is 13.2 Å². The lowest BCUT2D eigenvalue weighted by molar-refractivity contribution is -0.122. The third-order valence-corrected chi connectivity index (χ3v) is 7.34. The number of carbonyl (C=O) groups excluding carboxylic acids is 3. The Kier molecular flexibility index (Phi) is 10.5. The second kappa shape index (κ2) is 13.6. The summed E-state index contributed by atoms with van der Waals surface area (Å²) in [4.78, 5) is 38.9. The van der Waals surface area contributed by atoms with Crippen molar-refractivity contribution in [2.45, 2.75) is 40.5 Å². The van der Waals surface area contributed by atoms with E-state index in [-0.39, 0.29) is 29.6 Å². The molecule has 198 valence electrons. The van der Waals surface area contributed by atoms with Crippen molar-refractivity contribution in [1.29, 1.82) is 0 Å². The summed E-state index contributed by atoms with van der Waals surface area (Å²) < 4.78 is 5.37. The molecule has 1 heterocycles. The average Bonchev–Trinajstić information content (AvgIpc) is 2.84. The van der Waals surface area contributed by atoms with Crippen molar-refractivity contribution < 1.29 is 19.1 Å². The molecule has 1 fully saturated rings. The highest BCUT2D eigenvalue weighted by atomic mass is 16.5. The zero-order valence-corrected chi connectivity index (χ0v) is 22.1. The van der Waals surface area contributed by atoms with Crippen LogP contribution in [0.1, 0.15) is 50.9 Å². The van der Waals surface area contributed by atoms with Crippen LogP contribution in [-0.2, 0) is 14.3 Å². The van der Waals surface area contributed by atoms with E-state index in [1.807, 2.05) is 0 Å². The topological polar surface area (TPSA) is 99.8 Å². The molecule has 1 saturated heterocycles. The molecule has 3 atom stereocenters. The summed E-state index contributed by atoms with van der Waals surface area (Å²) in [7, 11) is 0. The number of benzene rings is 1. The van der Waals surface area contributed by atoms with Crippen LogP contribution in [0, 0.1) is 23.7 Å². The lowest BCUT2D eigenvalue weighted by atomic mass is 9.69. The summed E-state index contributed by atoms with van der Waals surface area (Å²) in [6, 6.07) is 6.90. The maximum Gasteiger partial charge on any atom is 0.251 e. The van der Waals surface area contributed by atoms with Gasteiger partial charge in [0, 0.05) is 57.3 Å². The first-order valence-electron chi connectivity index (χ1n) is 13.1. The number of allylic oxidation sites excluding steroid dienone is 1. The molecule has 1 aromatic rings. The van der Waals surface area contributed by atoms with E-state index in [9.17, 15) is 14.4 Å². The number of ether oxygens (including phenoxy) is 1. The van der Waals surface area contributed by atoms with Crippen LogP contribution in [0.4, 0.5) is 5.69 Å². The Labute approximate surface area is 215 Å². The number of hydrogen-bond donors (Lipinski definition) is 3. The van der Waals surface area contributed by atoms with Crippen molar-refractivity contribution in [1.82, 2.24) is 15.5 Å². The van der Waals surface area contributed by atoms with E-state index in [4.69, 9.17) is 4.74 Å². The largest absolute Gasteiger partial charge is 0.379 e. The van der Waals surface area contributed by atoms with Gasteiger partial charge in [-0.3, -0.25) is 19.3 Å². The minimum absolute atomic E-state index is 0.109. The van der Waals surface area contributed by atoms with Gasteiger partial charge < -0.3 is 20.7 Å². The van der Waals surface area contributed by atoms with E-state index in [2.05, 4.69) is 47.7 Å². The highest BCUT2D eigenvalue weighted by Crippen LogP contribution is 2.38. The van der Waals surface area contributed by atoms with E-state index >= 15 is 0 Å². The molecule has 0 aromatic heterocycles. The summed E-state index contributed by atoms with van der Waals surface area (Å²) >= 11 is 0. The smallest absolute Gasteiger partial charge is 0.251 e. The Morgan fingerprint density at radius 2 is 1.78 bits per heavy atom. The standard InChI is InChI=1S/C28H42N4O4/c1-19(2)26-16-23(17-27(34)29-9-10-32-11-13-36-14-12-32)20(3)15-24(26)18-30-28(35)22-5-7-25(8-6-22)31-21(4)33/h5-8,15,19,23-24,26H,9-14,16-18H2,1-4H3,(H,29,34)(H,30,35)(H,31,33)/t23-,24-,26-/m0/s1. The van der Waals surface area contributed by atoms with Gasteiger partial charge in [0.15, 0.2) is 0 Å². The van der Waals surface area contributed by atoms with Crippen molar-refractivity contribution in [2.75, 3.05) is 51.3 Å². The van der Waals surface area contributed by atoms with Gasteiger partial charge in [0.2, 0.25) is 11.8 Å². The fourth-order valence-electron chi connectivity index (χ4n) is 5.20. The van der Waals surface area contributed by atoms with Crippen molar-refractivity contribution in [2.24, 2.45) is 23.7 Å². The van der Waals surface area contributed by atoms with Crippen LogP contribution >= 0.6 is 0 Å². The van der Waals surface area contributed by atoms with Crippen LogP contribution in [-0.4, -0.2) is 68.6 Å². The monoisotopic (exact) mass is 498 g/mol. The van der Waals surface area contributed by atoms with E-state index in [1.54, 1.807) is 24.3 Å². The Morgan fingerprint density at radius 1 is 1.08 bits per heavy atom. The molecule has 0 spiro atoms. The van der Waals surface area contributed by atoms with Crippen LogP contribution < -0.4 is 16.0 Å². The molecule has 36 heavy (non-hydrogen) atoms. The van der Waals surface area contributed by atoms with Gasteiger partial charge in [0.1, 0.15) is 0 Å². The van der Waals surface area contributed by atoms with Gasteiger partial charge in [-0.25, -0.2) is 0 Å². The third-order valence-electron chi connectivity index (χ3n) is 7.34. The van der Waals surface area contributed by atoms with Gasteiger partial charge in [-0.15, -0.1) is 0 Å². The number of carbonyl (C=O) groups is 3. The predicted molar refractivity (Wildman–Crippen MR) is 142 cm³/mol. The lowest BCUT2D eigenvalue weighted by Crippen LogP contribution is -2.42. The third kappa shape index (κ3) is 8.45. The summed E-state index contributed by atoms with van der Waals surface area (Å²) in [5, 5.41) is 8.89. The second-order valence-corrected chi connectivity index (χ2v) is 10.4. The molecule has 3 amide bonds. The number of hydrogen-bond acceptors (Lipinski definition) is 5. The minimum atomic E-state index is -0.143. The molecule has 0 radical (unpaired) electrons. The van der Waals surface area contributed by atoms with Gasteiger partial charge >= 0.3 is 0 Å². The molecular formula is C28H42N4O4. The van der Waals surface area contributed by atoms with E-state index in [0.29, 0.717) is 42.6 Å². The SMILES string of the molecule is CC(=O)Nc1ccc(C(=O)NC[C@@H]2C=C(C)[C@H](CC(=O)NCCN3CCOCC3)C[C@H]2C(C)C)cc1. The number of rotatable bonds is 10. The van der Waals surface area contributed by atoms with Crippen LogP contribution in [0.5, 0.6) is 0 Å². The Bertz CT molecular complexity index is 922. The molecule has 1 aliphatic carbocycles. The summed E-state index contributed by atoms with van der Waals surface area (Å²) in [6.07, 6.45) is 3.72. The first-order chi connectivity index (χ1) is 17.2. The average molecular weight is 499 g/mol. The predicted octanol–water partition coefficient (Wildman–Crippen LogP) is 3.07. The minimum Gasteiger partial charge on any atom is -0.379 e.